The summed E-state index contributed by atoms with van der Waals surface area (Å²) in [4.78, 5) is 0. The third-order valence-corrected chi connectivity index (χ3v) is 3.56. The van der Waals surface area contributed by atoms with E-state index in [1.165, 1.54) is 19.3 Å². The van der Waals surface area contributed by atoms with Crippen LogP contribution in [0.25, 0.3) is 0 Å². The van der Waals surface area contributed by atoms with E-state index < -0.39 is 0 Å². The van der Waals surface area contributed by atoms with Gasteiger partial charge in [0.05, 0.1) is 0 Å². The van der Waals surface area contributed by atoms with E-state index in [9.17, 15) is 0 Å². The fraction of sp³-hybridized carbons (Fsp3) is 1.00. The van der Waals surface area contributed by atoms with Gasteiger partial charge in [-0.25, -0.2) is 10.0 Å². The fourth-order valence-corrected chi connectivity index (χ4v) is 3.33. The predicted octanol–water partition coefficient (Wildman–Crippen LogP) is 2.65. The molecule has 1 aliphatic carbocycles. The molecular weight excluding hydrogens is 172 g/mol. The lowest BCUT2D eigenvalue weighted by Crippen LogP contribution is -2.58. The Hall–Kier alpha value is -0.0800. The summed E-state index contributed by atoms with van der Waals surface area (Å²) < 4.78 is 0. The van der Waals surface area contributed by atoms with Gasteiger partial charge in [-0.1, -0.05) is 0 Å². The van der Waals surface area contributed by atoms with Crippen LogP contribution in [0.2, 0.25) is 0 Å². The maximum Gasteiger partial charge on any atom is 0.0275 e. The first-order chi connectivity index (χ1) is 6.41. The highest BCUT2D eigenvalue weighted by atomic mass is 15.7. The van der Waals surface area contributed by atoms with Crippen molar-refractivity contribution in [3.63, 3.8) is 0 Å². The quantitative estimate of drug-likeness (QED) is 0.636. The molecule has 0 N–H and O–H groups in total. The Morgan fingerprint density at radius 3 is 2.07 bits per heavy atom. The van der Waals surface area contributed by atoms with Crippen molar-refractivity contribution in [2.45, 2.75) is 77.5 Å². The van der Waals surface area contributed by atoms with E-state index in [4.69, 9.17) is 0 Å². The summed E-state index contributed by atoms with van der Waals surface area (Å²) in [5.41, 5.74) is 0.296. The van der Waals surface area contributed by atoms with Crippen LogP contribution in [0.1, 0.15) is 53.9 Å². The zero-order chi connectivity index (χ0) is 10.5. The van der Waals surface area contributed by atoms with E-state index in [-0.39, 0.29) is 0 Å². The van der Waals surface area contributed by atoms with Crippen LogP contribution in [0.3, 0.4) is 0 Å². The molecule has 2 nitrogen and oxygen atoms in total. The van der Waals surface area contributed by atoms with E-state index >= 15 is 0 Å². The van der Waals surface area contributed by atoms with E-state index in [0.29, 0.717) is 11.6 Å². The number of hydrogen-bond donors (Lipinski definition) is 0. The first kappa shape index (κ1) is 10.4. The Labute approximate surface area is 88.2 Å². The lowest BCUT2D eigenvalue weighted by atomic mass is 10.0. The number of fused-ring (bicyclic) bond motifs is 2. The Morgan fingerprint density at radius 2 is 1.64 bits per heavy atom. The van der Waals surface area contributed by atoms with E-state index in [1.54, 1.807) is 0 Å². The summed E-state index contributed by atoms with van der Waals surface area (Å²) >= 11 is 0. The minimum Gasteiger partial charge on any atom is -0.235 e. The molecule has 2 rings (SSSR count). The molecule has 2 bridgehead atoms. The maximum atomic E-state index is 2.64. The summed E-state index contributed by atoms with van der Waals surface area (Å²) in [6, 6.07) is 2.31. The summed E-state index contributed by atoms with van der Waals surface area (Å²) in [7, 11) is 0. The summed E-state index contributed by atoms with van der Waals surface area (Å²) in [5, 5.41) is 5.28. The van der Waals surface area contributed by atoms with Gasteiger partial charge in [0.1, 0.15) is 0 Å². The first-order valence-electron chi connectivity index (χ1n) is 5.99. The minimum atomic E-state index is 0.296. The third-order valence-electron chi connectivity index (χ3n) is 3.56. The molecular formula is C12H24N2. The lowest BCUT2D eigenvalue weighted by Gasteiger charge is -2.48. The number of hydrazine groups is 1. The minimum absolute atomic E-state index is 0.296. The van der Waals surface area contributed by atoms with E-state index in [1.807, 2.05) is 0 Å². The van der Waals surface area contributed by atoms with E-state index in [2.05, 4.69) is 44.6 Å². The van der Waals surface area contributed by atoms with Gasteiger partial charge in [0.15, 0.2) is 0 Å². The molecule has 0 unspecified atom stereocenters. The second kappa shape index (κ2) is 3.21. The van der Waals surface area contributed by atoms with Crippen LogP contribution < -0.4 is 0 Å². The zero-order valence-corrected chi connectivity index (χ0v) is 10.2. The molecule has 0 aromatic heterocycles. The van der Waals surface area contributed by atoms with Gasteiger partial charge >= 0.3 is 0 Å². The summed E-state index contributed by atoms with van der Waals surface area (Å²) in [6.07, 6.45) is 4.22. The van der Waals surface area contributed by atoms with Crippen molar-refractivity contribution in [2.24, 2.45) is 0 Å². The van der Waals surface area contributed by atoms with Crippen molar-refractivity contribution in [1.82, 2.24) is 10.0 Å². The summed E-state index contributed by atoms with van der Waals surface area (Å²) in [5.74, 6) is 0. The zero-order valence-electron chi connectivity index (χ0n) is 10.2. The SMILES string of the molecule is CC(C)N1[C@@H]2CC[C@@H](C2)N1C(C)(C)C. The van der Waals surface area contributed by atoms with Gasteiger partial charge < -0.3 is 0 Å². The number of nitrogens with zero attached hydrogens (tertiary/aromatic N) is 2. The van der Waals surface area contributed by atoms with Crippen molar-refractivity contribution >= 4 is 0 Å². The first-order valence-corrected chi connectivity index (χ1v) is 5.99. The second-order valence-corrected chi connectivity index (χ2v) is 6.11. The van der Waals surface area contributed by atoms with Gasteiger partial charge in [0.2, 0.25) is 0 Å². The smallest absolute Gasteiger partial charge is 0.0275 e. The van der Waals surface area contributed by atoms with Crippen LogP contribution in [-0.4, -0.2) is 33.7 Å². The largest absolute Gasteiger partial charge is 0.235 e. The number of rotatable bonds is 1. The molecule has 2 fully saturated rings. The fourth-order valence-electron chi connectivity index (χ4n) is 3.33. The van der Waals surface area contributed by atoms with Crippen LogP contribution in [0.5, 0.6) is 0 Å². The summed E-state index contributed by atoms with van der Waals surface area (Å²) in [6.45, 7) is 11.6. The highest BCUT2D eigenvalue weighted by Crippen LogP contribution is 2.42. The van der Waals surface area contributed by atoms with Gasteiger partial charge in [-0.2, -0.15) is 0 Å². The molecule has 1 aliphatic heterocycles. The lowest BCUT2D eigenvalue weighted by molar-refractivity contribution is -0.132. The van der Waals surface area contributed by atoms with Crippen LogP contribution in [0.15, 0.2) is 0 Å². The molecule has 2 atom stereocenters. The van der Waals surface area contributed by atoms with Gasteiger partial charge in [0, 0.05) is 23.7 Å². The molecule has 2 aliphatic rings. The molecule has 0 spiro atoms. The Bertz CT molecular complexity index is 217. The molecule has 1 heterocycles. The van der Waals surface area contributed by atoms with Crippen LogP contribution >= 0.6 is 0 Å². The molecule has 0 aromatic carbocycles. The van der Waals surface area contributed by atoms with Crippen molar-refractivity contribution in [3.8, 4) is 0 Å². The molecule has 0 aromatic rings. The van der Waals surface area contributed by atoms with Crippen LogP contribution in [0.4, 0.5) is 0 Å². The molecule has 1 saturated heterocycles. The monoisotopic (exact) mass is 196 g/mol. The number of hydrogen-bond acceptors (Lipinski definition) is 2. The van der Waals surface area contributed by atoms with Crippen molar-refractivity contribution in [2.75, 3.05) is 0 Å². The average molecular weight is 196 g/mol. The maximum absolute atomic E-state index is 2.64. The Kier molecular flexibility index (Phi) is 2.39. The van der Waals surface area contributed by atoms with Gasteiger partial charge in [-0.3, -0.25) is 0 Å². The second-order valence-electron chi connectivity index (χ2n) is 6.11. The molecule has 82 valence electrons. The van der Waals surface area contributed by atoms with Gasteiger partial charge in [-0.05, 0) is 53.9 Å². The topological polar surface area (TPSA) is 6.48 Å². The van der Waals surface area contributed by atoms with Crippen molar-refractivity contribution in [1.29, 1.82) is 0 Å². The van der Waals surface area contributed by atoms with Gasteiger partial charge in [-0.15, -0.1) is 0 Å². The molecule has 0 amide bonds. The Balaban J connectivity index is 2.22. The molecule has 1 saturated carbocycles. The predicted molar refractivity (Wildman–Crippen MR) is 60.0 cm³/mol. The van der Waals surface area contributed by atoms with Crippen molar-refractivity contribution < 1.29 is 0 Å². The normalized spacial score (nSPS) is 34.7. The standard InChI is InChI=1S/C12H24N2/c1-9(2)13-10-6-7-11(8-10)14(13)12(3,4)5/h9-11H,6-8H2,1-5H3/t10-,11+/m1/s1. The van der Waals surface area contributed by atoms with Crippen LogP contribution in [0, 0.1) is 0 Å². The average Bonchev–Trinajstić information content (AvgIpc) is 2.58. The van der Waals surface area contributed by atoms with Crippen molar-refractivity contribution in [3.05, 3.63) is 0 Å². The van der Waals surface area contributed by atoms with Gasteiger partial charge in [0.25, 0.3) is 0 Å². The molecule has 2 heteroatoms. The molecule has 14 heavy (non-hydrogen) atoms. The van der Waals surface area contributed by atoms with E-state index in [0.717, 1.165) is 12.1 Å². The highest BCUT2D eigenvalue weighted by molar-refractivity contribution is 4.99. The Morgan fingerprint density at radius 1 is 1.07 bits per heavy atom. The van der Waals surface area contributed by atoms with Crippen LogP contribution in [-0.2, 0) is 0 Å². The third kappa shape index (κ3) is 1.49. The molecule has 0 radical (unpaired) electrons. The highest BCUT2D eigenvalue weighted by Gasteiger charge is 2.49.